The summed E-state index contributed by atoms with van der Waals surface area (Å²) in [5.41, 5.74) is 7.39. The van der Waals surface area contributed by atoms with Crippen molar-refractivity contribution in [1.82, 2.24) is 0 Å². The van der Waals surface area contributed by atoms with Crippen LogP contribution in [0.25, 0.3) is 0 Å². The summed E-state index contributed by atoms with van der Waals surface area (Å²) in [5, 5.41) is 0. The van der Waals surface area contributed by atoms with Gasteiger partial charge in [-0.2, -0.15) is 0 Å². The van der Waals surface area contributed by atoms with Crippen molar-refractivity contribution >= 4 is 0 Å². The summed E-state index contributed by atoms with van der Waals surface area (Å²) in [7, 11) is 1.69. The normalized spacial score (nSPS) is 12.8. The predicted molar refractivity (Wildman–Crippen MR) is 68.6 cm³/mol. The van der Waals surface area contributed by atoms with Crippen LogP contribution in [0.3, 0.4) is 0 Å². The van der Waals surface area contributed by atoms with E-state index >= 15 is 0 Å². The molecule has 1 atom stereocenters. The highest BCUT2D eigenvalue weighted by Crippen LogP contribution is 2.25. The fourth-order valence-electron chi connectivity index (χ4n) is 1.99. The van der Waals surface area contributed by atoms with E-state index in [1.54, 1.807) is 7.11 Å². The first-order chi connectivity index (χ1) is 7.71. The lowest BCUT2D eigenvalue weighted by Crippen LogP contribution is -2.15. The van der Waals surface area contributed by atoms with Gasteiger partial charge in [-0.25, -0.2) is 0 Å². The lowest BCUT2D eigenvalue weighted by Gasteiger charge is -2.19. The lowest BCUT2D eigenvalue weighted by atomic mass is 9.91. The number of hydrogen-bond acceptors (Lipinski definition) is 2. The second-order valence-electron chi connectivity index (χ2n) is 4.30. The molecule has 0 amide bonds. The molecular formula is C14H23NO. The standard InChI is InChI=1S/C14H23NO/c1-4-11(5-2)9-14(15)12-7-6-8-13(10-12)16-3/h6-8,10-11,14H,4-5,9,15H2,1-3H3. The number of hydrogen-bond donors (Lipinski definition) is 1. The van der Waals surface area contributed by atoms with Crippen molar-refractivity contribution in [2.45, 2.75) is 39.2 Å². The van der Waals surface area contributed by atoms with Crippen LogP contribution in [0, 0.1) is 5.92 Å². The molecule has 2 heteroatoms. The zero-order valence-corrected chi connectivity index (χ0v) is 10.6. The van der Waals surface area contributed by atoms with Gasteiger partial charge in [0.05, 0.1) is 7.11 Å². The number of ether oxygens (including phenoxy) is 1. The minimum Gasteiger partial charge on any atom is -0.497 e. The summed E-state index contributed by atoms with van der Waals surface area (Å²) >= 11 is 0. The van der Waals surface area contributed by atoms with Gasteiger partial charge in [0.25, 0.3) is 0 Å². The first-order valence-corrected chi connectivity index (χ1v) is 6.10. The van der Waals surface area contributed by atoms with E-state index in [0.29, 0.717) is 0 Å². The van der Waals surface area contributed by atoms with Crippen molar-refractivity contribution < 1.29 is 4.74 Å². The van der Waals surface area contributed by atoms with Crippen LogP contribution in [0.5, 0.6) is 5.75 Å². The van der Waals surface area contributed by atoms with Crippen molar-refractivity contribution in [3.8, 4) is 5.75 Å². The van der Waals surface area contributed by atoms with Gasteiger partial charge in [0.15, 0.2) is 0 Å². The summed E-state index contributed by atoms with van der Waals surface area (Å²) < 4.78 is 5.21. The Bertz CT molecular complexity index is 307. The SMILES string of the molecule is CCC(CC)CC(N)c1cccc(OC)c1. The summed E-state index contributed by atoms with van der Waals surface area (Å²) in [6.07, 6.45) is 3.46. The minimum absolute atomic E-state index is 0.125. The van der Waals surface area contributed by atoms with E-state index in [9.17, 15) is 0 Å². The Hall–Kier alpha value is -1.02. The molecule has 0 aliphatic heterocycles. The second kappa shape index (κ2) is 6.54. The summed E-state index contributed by atoms with van der Waals surface area (Å²) in [6.45, 7) is 4.46. The number of nitrogens with two attached hydrogens (primary N) is 1. The highest BCUT2D eigenvalue weighted by atomic mass is 16.5. The molecule has 16 heavy (non-hydrogen) atoms. The van der Waals surface area contributed by atoms with Crippen LogP contribution in [0.1, 0.15) is 44.7 Å². The Morgan fingerprint density at radius 1 is 1.25 bits per heavy atom. The lowest BCUT2D eigenvalue weighted by molar-refractivity contribution is 0.405. The van der Waals surface area contributed by atoms with Gasteiger partial charge < -0.3 is 10.5 Å². The van der Waals surface area contributed by atoms with Crippen LogP contribution in [-0.4, -0.2) is 7.11 Å². The molecule has 0 aromatic heterocycles. The quantitative estimate of drug-likeness (QED) is 0.797. The van der Waals surface area contributed by atoms with E-state index in [1.165, 1.54) is 18.4 Å². The molecule has 0 heterocycles. The maximum Gasteiger partial charge on any atom is 0.119 e. The van der Waals surface area contributed by atoms with E-state index in [2.05, 4.69) is 19.9 Å². The van der Waals surface area contributed by atoms with Crippen LogP contribution >= 0.6 is 0 Å². The maximum atomic E-state index is 6.22. The van der Waals surface area contributed by atoms with Gasteiger partial charge >= 0.3 is 0 Å². The Morgan fingerprint density at radius 2 is 1.94 bits per heavy atom. The Morgan fingerprint density at radius 3 is 2.50 bits per heavy atom. The molecule has 90 valence electrons. The Labute approximate surface area is 98.8 Å². The van der Waals surface area contributed by atoms with Crippen molar-refractivity contribution in [2.75, 3.05) is 7.11 Å². The van der Waals surface area contributed by atoms with Crippen LogP contribution in [0.2, 0.25) is 0 Å². The van der Waals surface area contributed by atoms with Crippen molar-refractivity contribution in [2.24, 2.45) is 11.7 Å². The molecule has 0 spiro atoms. The molecule has 1 rings (SSSR count). The second-order valence-corrected chi connectivity index (χ2v) is 4.30. The van der Waals surface area contributed by atoms with E-state index in [4.69, 9.17) is 10.5 Å². The van der Waals surface area contributed by atoms with Crippen molar-refractivity contribution in [1.29, 1.82) is 0 Å². The van der Waals surface area contributed by atoms with Gasteiger partial charge in [0, 0.05) is 6.04 Å². The van der Waals surface area contributed by atoms with Crippen LogP contribution in [0.4, 0.5) is 0 Å². The third-order valence-electron chi connectivity index (χ3n) is 3.26. The average Bonchev–Trinajstić information content (AvgIpc) is 2.35. The number of methoxy groups -OCH3 is 1. The number of benzene rings is 1. The molecule has 0 radical (unpaired) electrons. The molecule has 0 aliphatic rings. The molecule has 2 N–H and O–H groups in total. The van der Waals surface area contributed by atoms with E-state index < -0.39 is 0 Å². The average molecular weight is 221 g/mol. The predicted octanol–water partition coefficient (Wildman–Crippen LogP) is 3.52. The fraction of sp³-hybridized carbons (Fsp3) is 0.571. The minimum atomic E-state index is 0.125. The first kappa shape index (κ1) is 13.0. The maximum absolute atomic E-state index is 6.22. The van der Waals surface area contributed by atoms with Gasteiger partial charge in [0.2, 0.25) is 0 Å². The fourth-order valence-corrected chi connectivity index (χ4v) is 1.99. The molecule has 0 saturated carbocycles. The van der Waals surface area contributed by atoms with Crippen LogP contribution in [0.15, 0.2) is 24.3 Å². The first-order valence-electron chi connectivity index (χ1n) is 6.10. The largest absolute Gasteiger partial charge is 0.497 e. The Balaban J connectivity index is 2.67. The molecule has 0 fully saturated rings. The van der Waals surface area contributed by atoms with E-state index in [0.717, 1.165) is 18.1 Å². The van der Waals surface area contributed by atoms with Gasteiger partial charge in [-0.15, -0.1) is 0 Å². The van der Waals surface area contributed by atoms with Crippen molar-refractivity contribution in [3.05, 3.63) is 29.8 Å². The molecule has 0 saturated heterocycles. The van der Waals surface area contributed by atoms with Gasteiger partial charge in [-0.1, -0.05) is 38.8 Å². The monoisotopic (exact) mass is 221 g/mol. The molecule has 1 unspecified atom stereocenters. The molecule has 0 aliphatic carbocycles. The third-order valence-corrected chi connectivity index (χ3v) is 3.26. The molecule has 2 nitrogen and oxygen atoms in total. The number of rotatable bonds is 6. The summed E-state index contributed by atoms with van der Waals surface area (Å²) in [6, 6.07) is 8.19. The van der Waals surface area contributed by atoms with Crippen LogP contribution < -0.4 is 10.5 Å². The topological polar surface area (TPSA) is 35.2 Å². The highest BCUT2D eigenvalue weighted by molar-refractivity contribution is 5.30. The van der Waals surface area contributed by atoms with Crippen molar-refractivity contribution in [3.63, 3.8) is 0 Å². The molecule has 1 aromatic rings. The highest BCUT2D eigenvalue weighted by Gasteiger charge is 2.12. The molecule has 0 bridgehead atoms. The summed E-state index contributed by atoms with van der Waals surface area (Å²) in [5.74, 6) is 1.61. The van der Waals surface area contributed by atoms with E-state index in [-0.39, 0.29) is 6.04 Å². The van der Waals surface area contributed by atoms with Gasteiger partial charge in [0.1, 0.15) is 5.75 Å². The third kappa shape index (κ3) is 3.53. The molecule has 1 aromatic carbocycles. The van der Waals surface area contributed by atoms with Gasteiger partial charge in [-0.05, 0) is 30.0 Å². The van der Waals surface area contributed by atoms with Gasteiger partial charge in [-0.3, -0.25) is 0 Å². The zero-order valence-electron chi connectivity index (χ0n) is 10.6. The van der Waals surface area contributed by atoms with E-state index in [1.807, 2.05) is 18.2 Å². The molecular weight excluding hydrogens is 198 g/mol. The van der Waals surface area contributed by atoms with Crippen LogP contribution in [-0.2, 0) is 0 Å². The zero-order chi connectivity index (χ0) is 12.0. The Kier molecular flexibility index (Phi) is 5.33. The summed E-state index contributed by atoms with van der Waals surface area (Å²) in [4.78, 5) is 0. The smallest absolute Gasteiger partial charge is 0.119 e.